The van der Waals surface area contributed by atoms with Gasteiger partial charge in [-0.1, -0.05) is 50.2 Å². The van der Waals surface area contributed by atoms with E-state index in [0.717, 1.165) is 17.5 Å². The highest BCUT2D eigenvalue weighted by molar-refractivity contribution is 5.63. The molecule has 0 fully saturated rings. The number of benzene rings is 1. The maximum atomic E-state index is 11.3. The topological polar surface area (TPSA) is 37.3 Å². The number of hydrogen-bond donors (Lipinski definition) is 1. The number of rotatable bonds is 3. The highest BCUT2D eigenvalue weighted by Crippen LogP contribution is 2.23. The van der Waals surface area contributed by atoms with Gasteiger partial charge >= 0.3 is 0 Å². The van der Waals surface area contributed by atoms with Crippen molar-refractivity contribution in [2.75, 3.05) is 0 Å². The van der Waals surface area contributed by atoms with Crippen LogP contribution in [-0.4, -0.2) is 5.11 Å². The van der Waals surface area contributed by atoms with Crippen molar-refractivity contribution in [1.82, 2.24) is 0 Å². The van der Waals surface area contributed by atoms with Gasteiger partial charge in [-0.15, -0.1) is 0 Å². The first-order valence-corrected chi connectivity index (χ1v) is 6.55. The van der Waals surface area contributed by atoms with E-state index in [-0.39, 0.29) is 11.2 Å². The zero-order valence-corrected chi connectivity index (χ0v) is 11.3. The molecule has 2 aromatic carbocycles. The highest BCUT2D eigenvalue weighted by Gasteiger charge is 2.03. The SMILES string of the molecule is CCC(C)c1ccc(-c2ccc(O)c(=O)cc2)cc1. The Morgan fingerprint density at radius 2 is 1.47 bits per heavy atom. The van der Waals surface area contributed by atoms with Crippen LogP contribution < -0.4 is 5.43 Å². The molecule has 0 aromatic heterocycles. The van der Waals surface area contributed by atoms with Gasteiger partial charge in [-0.05, 0) is 41.2 Å². The van der Waals surface area contributed by atoms with Gasteiger partial charge in [-0.25, -0.2) is 0 Å². The van der Waals surface area contributed by atoms with Gasteiger partial charge in [0, 0.05) is 0 Å². The van der Waals surface area contributed by atoms with E-state index in [1.165, 1.54) is 17.7 Å². The maximum absolute atomic E-state index is 11.3. The summed E-state index contributed by atoms with van der Waals surface area (Å²) < 4.78 is 0. The first-order chi connectivity index (χ1) is 9.11. The summed E-state index contributed by atoms with van der Waals surface area (Å²) in [4.78, 5) is 11.3. The van der Waals surface area contributed by atoms with E-state index in [2.05, 4.69) is 38.1 Å². The summed E-state index contributed by atoms with van der Waals surface area (Å²) in [7, 11) is 0. The first kappa shape index (κ1) is 13.3. The average Bonchev–Trinajstić information content (AvgIpc) is 2.61. The van der Waals surface area contributed by atoms with Crippen LogP contribution in [-0.2, 0) is 0 Å². The van der Waals surface area contributed by atoms with Crippen LogP contribution in [0.3, 0.4) is 0 Å². The molecule has 1 unspecified atom stereocenters. The Balaban J connectivity index is 2.38. The molecule has 0 aliphatic carbocycles. The lowest BCUT2D eigenvalue weighted by molar-refractivity contribution is 0.471. The molecule has 1 N–H and O–H groups in total. The lowest BCUT2D eigenvalue weighted by atomic mass is 9.96. The Morgan fingerprint density at radius 1 is 0.947 bits per heavy atom. The summed E-state index contributed by atoms with van der Waals surface area (Å²) in [6.07, 6.45) is 1.12. The summed E-state index contributed by atoms with van der Waals surface area (Å²) in [6.45, 7) is 4.38. The fourth-order valence-corrected chi connectivity index (χ4v) is 1.99. The molecular weight excluding hydrogens is 236 g/mol. The zero-order chi connectivity index (χ0) is 13.8. The van der Waals surface area contributed by atoms with Crippen molar-refractivity contribution in [2.24, 2.45) is 0 Å². The Bertz CT molecular complexity index is 615. The molecule has 0 heterocycles. The zero-order valence-electron chi connectivity index (χ0n) is 11.3. The van der Waals surface area contributed by atoms with Gasteiger partial charge in [-0.2, -0.15) is 0 Å². The van der Waals surface area contributed by atoms with Crippen LogP contribution in [0.1, 0.15) is 31.7 Å². The normalized spacial score (nSPS) is 12.1. The van der Waals surface area contributed by atoms with Gasteiger partial charge in [-0.3, -0.25) is 4.79 Å². The van der Waals surface area contributed by atoms with Crippen molar-refractivity contribution in [1.29, 1.82) is 0 Å². The predicted molar refractivity (Wildman–Crippen MR) is 78.5 cm³/mol. The quantitative estimate of drug-likeness (QED) is 0.901. The second-order valence-corrected chi connectivity index (χ2v) is 4.80. The molecule has 0 aliphatic rings. The minimum absolute atomic E-state index is 0.220. The van der Waals surface area contributed by atoms with Crippen LogP contribution in [0, 0.1) is 0 Å². The Hall–Kier alpha value is -2.09. The van der Waals surface area contributed by atoms with E-state index in [1.807, 2.05) is 0 Å². The minimum Gasteiger partial charge on any atom is -0.504 e. The van der Waals surface area contributed by atoms with Crippen LogP contribution in [0.5, 0.6) is 5.75 Å². The van der Waals surface area contributed by atoms with Crippen LogP contribution >= 0.6 is 0 Å². The molecule has 0 amide bonds. The Kier molecular flexibility index (Phi) is 4.00. The molecule has 2 aromatic rings. The van der Waals surface area contributed by atoms with E-state index in [9.17, 15) is 9.90 Å². The number of aromatic hydroxyl groups is 1. The molecule has 19 heavy (non-hydrogen) atoms. The average molecular weight is 254 g/mol. The summed E-state index contributed by atoms with van der Waals surface area (Å²) in [5, 5.41) is 9.39. The van der Waals surface area contributed by atoms with Crippen molar-refractivity contribution in [3.8, 4) is 16.9 Å². The van der Waals surface area contributed by atoms with Crippen LogP contribution in [0.25, 0.3) is 11.1 Å². The van der Waals surface area contributed by atoms with Crippen molar-refractivity contribution in [2.45, 2.75) is 26.2 Å². The summed E-state index contributed by atoms with van der Waals surface area (Å²) in [6, 6.07) is 14.7. The monoisotopic (exact) mass is 254 g/mol. The smallest absolute Gasteiger partial charge is 0.220 e. The predicted octanol–water partition coefficient (Wildman–Crippen LogP) is 3.93. The third kappa shape index (κ3) is 3.02. The van der Waals surface area contributed by atoms with Gasteiger partial charge in [0.05, 0.1) is 0 Å². The van der Waals surface area contributed by atoms with Crippen LogP contribution in [0.15, 0.2) is 53.3 Å². The molecule has 2 rings (SSSR count). The van der Waals surface area contributed by atoms with Crippen molar-refractivity contribution < 1.29 is 5.11 Å². The molecule has 2 nitrogen and oxygen atoms in total. The van der Waals surface area contributed by atoms with Gasteiger partial charge in [0.1, 0.15) is 0 Å². The van der Waals surface area contributed by atoms with Crippen molar-refractivity contribution in [3.63, 3.8) is 0 Å². The number of hydrogen-bond acceptors (Lipinski definition) is 2. The second kappa shape index (κ2) is 5.70. The van der Waals surface area contributed by atoms with Gasteiger partial charge in [0.25, 0.3) is 0 Å². The molecule has 98 valence electrons. The molecule has 2 heteroatoms. The summed E-state index contributed by atoms with van der Waals surface area (Å²) >= 11 is 0. The fourth-order valence-electron chi connectivity index (χ4n) is 1.99. The first-order valence-electron chi connectivity index (χ1n) is 6.55. The Morgan fingerprint density at radius 3 is 2.05 bits per heavy atom. The van der Waals surface area contributed by atoms with Crippen molar-refractivity contribution >= 4 is 0 Å². The van der Waals surface area contributed by atoms with Crippen LogP contribution in [0.2, 0.25) is 0 Å². The van der Waals surface area contributed by atoms with E-state index >= 15 is 0 Å². The molecule has 0 aliphatic heterocycles. The second-order valence-electron chi connectivity index (χ2n) is 4.80. The lowest BCUT2D eigenvalue weighted by Gasteiger charge is -2.09. The highest BCUT2D eigenvalue weighted by atomic mass is 16.3. The molecule has 1 atom stereocenters. The minimum atomic E-state index is -0.359. The Labute approximate surface area is 113 Å². The van der Waals surface area contributed by atoms with Gasteiger partial charge < -0.3 is 5.11 Å². The fraction of sp³-hybridized carbons (Fsp3) is 0.235. The maximum Gasteiger partial charge on any atom is 0.220 e. The molecule has 0 spiro atoms. The molecule has 0 saturated heterocycles. The van der Waals surface area contributed by atoms with Crippen molar-refractivity contribution in [3.05, 3.63) is 64.3 Å². The van der Waals surface area contributed by atoms with E-state index in [4.69, 9.17) is 0 Å². The third-order valence-corrected chi connectivity index (χ3v) is 3.51. The standard InChI is InChI=1S/C17H18O2/c1-3-12(2)13-4-6-14(7-5-13)15-8-10-16(18)17(19)11-9-15/h4-12H,3H2,1-2H3,(H,18,19). The largest absolute Gasteiger partial charge is 0.504 e. The molecule has 0 saturated carbocycles. The summed E-state index contributed by atoms with van der Waals surface area (Å²) in [5.41, 5.74) is 2.93. The lowest BCUT2D eigenvalue weighted by Crippen LogP contribution is -1.91. The molecule has 0 radical (unpaired) electrons. The van der Waals surface area contributed by atoms with Gasteiger partial charge in [0.15, 0.2) is 5.75 Å². The molecular formula is C17H18O2. The van der Waals surface area contributed by atoms with E-state index in [0.29, 0.717) is 5.92 Å². The van der Waals surface area contributed by atoms with E-state index < -0.39 is 0 Å². The van der Waals surface area contributed by atoms with E-state index in [1.54, 1.807) is 12.1 Å². The van der Waals surface area contributed by atoms with Gasteiger partial charge in [0.2, 0.25) is 5.43 Å². The molecule has 0 bridgehead atoms. The third-order valence-electron chi connectivity index (χ3n) is 3.51. The summed E-state index contributed by atoms with van der Waals surface area (Å²) in [5.74, 6) is 0.334. The van der Waals surface area contributed by atoms with Crippen LogP contribution in [0.4, 0.5) is 0 Å².